The Bertz CT molecular complexity index is 523. The number of amides is 1. The van der Waals surface area contributed by atoms with Crippen molar-refractivity contribution >= 4 is 5.91 Å². The normalized spacial score (nSPS) is 24.5. The van der Waals surface area contributed by atoms with Crippen LogP contribution in [0.4, 0.5) is 0 Å². The summed E-state index contributed by atoms with van der Waals surface area (Å²) in [6.07, 6.45) is 2.02. The van der Waals surface area contributed by atoms with Crippen LogP contribution in [0.1, 0.15) is 57.8 Å². The molecule has 1 unspecified atom stereocenters. The maximum atomic E-state index is 12.4. The Kier molecular flexibility index (Phi) is 2.94. The van der Waals surface area contributed by atoms with Gasteiger partial charge in [0.2, 0.25) is 5.91 Å². The molecule has 1 saturated heterocycles. The van der Waals surface area contributed by atoms with Gasteiger partial charge in [0.25, 0.3) is 0 Å². The van der Waals surface area contributed by atoms with Crippen LogP contribution in [-0.4, -0.2) is 22.9 Å². The van der Waals surface area contributed by atoms with Gasteiger partial charge in [0, 0.05) is 6.54 Å². The molecule has 3 nitrogen and oxygen atoms in total. The van der Waals surface area contributed by atoms with E-state index in [-0.39, 0.29) is 23.0 Å². The highest BCUT2D eigenvalue weighted by atomic mass is 16.2. The number of carbonyl (C=O) groups is 1. The van der Waals surface area contributed by atoms with Crippen LogP contribution in [0.5, 0.6) is 0 Å². The Balaban J connectivity index is 1.87. The molecule has 1 aromatic carbocycles. The van der Waals surface area contributed by atoms with Crippen molar-refractivity contribution in [3.63, 3.8) is 0 Å². The van der Waals surface area contributed by atoms with E-state index in [4.69, 9.17) is 0 Å². The number of nitrogens with one attached hydrogen (secondary N) is 1. The van der Waals surface area contributed by atoms with Crippen molar-refractivity contribution in [1.82, 2.24) is 10.2 Å². The molecule has 1 heterocycles. The van der Waals surface area contributed by atoms with Crippen molar-refractivity contribution in [2.45, 2.75) is 57.7 Å². The van der Waals surface area contributed by atoms with Crippen LogP contribution in [0.25, 0.3) is 0 Å². The van der Waals surface area contributed by atoms with E-state index in [1.807, 2.05) is 4.90 Å². The van der Waals surface area contributed by atoms with Gasteiger partial charge in [0.1, 0.15) is 11.7 Å². The van der Waals surface area contributed by atoms with Gasteiger partial charge in [-0.2, -0.15) is 0 Å². The minimum Gasteiger partial charge on any atom is -0.322 e. The van der Waals surface area contributed by atoms with Crippen LogP contribution < -0.4 is 5.32 Å². The average molecular weight is 272 g/mol. The van der Waals surface area contributed by atoms with Crippen LogP contribution in [0, 0.1) is 0 Å². The zero-order valence-electron chi connectivity index (χ0n) is 12.9. The first-order chi connectivity index (χ1) is 9.37. The highest BCUT2D eigenvalue weighted by Gasteiger charge is 2.58. The predicted octanol–water partition coefficient (Wildman–Crippen LogP) is 2.97. The zero-order chi connectivity index (χ0) is 14.5. The Morgan fingerprint density at radius 3 is 2.30 bits per heavy atom. The number of likely N-dealkylation sites (N-methyl/N-ethyl adjacent to an activating group) is 1. The van der Waals surface area contributed by atoms with Gasteiger partial charge in [-0.25, -0.2) is 0 Å². The molecule has 108 valence electrons. The van der Waals surface area contributed by atoms with E-state index in [1.54, 1.807) is 0 Å². The van der Waals surface area contributed by atoms with E-state index < -0.39 is 0 Å². The van der Waals surface area contributed by atoms with Gasteiger partial charge in [-0.3, -0.25) is 10.1 Å². The van der Waals surface area contributed by atoms with Gasteiger partial charge in [0.05, 0.1) is 0 Å². The SMILES string of the molecule is CCN1C(=O)C2(CC2)NC1c1ccc(C(C)(C)C)cc1. The molecule has 3 rings (SSSR count). The minimum absolute atomic E-state index is 0.0454. The van der Waals surface area contributed by atoms with Crippen molar-refractivity contribution in [2.75, 3.05) is 6.54 Å². The number of hydrogen-bond acceptors (Lipinski definition) is 2. The molecule has 1 amide bonds. The smallest absolute Gasteiger partial charge is 0.244 e. The molecule has 0 bridgehead atoms. The first-order valence-corrected chi connectivity index (χ1v) is 7.57. The van der Waals surface area contributed by atoms with Crippen LogP contribution in [0.3, 0.4) is 0 Å². The molecular formula is C17H24N2O. The molecule has 1 aliphatic heterocycles. The summed E-state index contributed by atoms with van der Waals surface area (Å²) in [4.78, 5) is 14.4. The third-order valence-corrected chi connectivity index (χ3v) is 4.58. The molecule has 1 spiro atoms. The molecule has 0 radical (unpaired) electrons. The summed E-state index contributed by atoms with van der Waals surface area (Å²) in [5, 5.41) is 3.54. The molecule has 1 aromatic rings. The standard InChI is InChI=1S/C17H24N2O/c1-5-19-14(18-17(10-11-17)15(19)20)12-6-8-13(9-7-12)16(2,3)4/h6-9,14,18H,5,10-11H2,1-4H3. The molecule has 2 fully saturated rings. The zero-order valence-corrected chi connectivity index (χ0v) is 12.9. The summed E-state index contributed by atoms with van der Waals surface area (Å²) >= 11 is 0. The second kappa shape index (κ2) is 4.32. The molecule has 3 heteroatoms. The molecule has 1 aliphatic carbocycles. The summed E-state index contributed by atoms with van der Waals surface area (Å²) in [5.74, 6) is 0.282. The average Bonchev–Trinajstić information content (AvgIpc) is 3.12. The van der Waals surface area contributed by atoms with Gasteiger partial charge in [-0.1, -0.05) is 45.0 Å². The largest absolute Gasteiger partial charge is 0.322 e. The second-order valence-electron chi connectivity index (χ2n) is 7.09. The summed E-state index contributed by atoms with van der Waals surface area (Å²) in [5.41, 5.74) is 2.45. The van der Waals surface area contributed by atoms with E-state index >= 15 is 0 Å². The van der Waals surface area contributed by atoms with Crippen LogP contribution in [0.2, 0.25) is 0 Å². The lowest BCUT2D eigenvalue weighted by Crippen LogP contribution is -2.32. The van der Waals surface area contributed by atoms with E-state index in [1.165, 1.54) is 11.1 Å². The van der Waals surface area contributed by atoms with Crippen molar-refractivity contribution in [3.8, 4) is 0 Å². The lowest BCUT2D eigenvalue weighted by molar-refractivity contribution is -0.130. The fourth-order valence-corrected chi connectivity index (χ4v) is 3.03. The van der Waals surface area contributed by atoms with Gasteiger partial charge < -0.3 is 4.90 Å². The monoisotopic (exact) mass is 272 g/mol. The van der Waals surface area contributed by atoms with Crippen LogP contribution in [-0.2, 0) is 10.2 Å². The Hall–Kier alpha value is -1.35. The first-order valence-electron chi connectivity index (χ1n) is 7.57. The molecular weight excluding hydrogens is 248 g/mol. The quantitative estimate of drug-likeness (QED) is 0.897. The van der Waals surface area contributed by atoms with Gasteiger partial charge >= 0.3 is 0 Å². The van der Waals surface area contributed by atoms with Crippen molar-refractivity contribution in [2.24, 2.45) is 0 Å². The third kappa shape index (κ3) is 2.05. The number of benzene rings is 1. The Labute approximate surface area is 121 Å². The van der Waals surface area contributed by atoms with Gasteiger partial charge in [0.15, 0.2) is 0 Å². The number of nitrogens with zero attached hydrogens (tertiary/aromatic N) is 1. The lowest BCUT2D eigenvalue weighted by atomic mass is 9.86. The van der Waals surface area contributed by atoms with Crippen molar-refractivity contribution in [1.29, 1.82) is 0 Å². The number of rotatable bonds is 2. The fraction of sp³-hybridized carbons (Fsp3) is 0.588. The van der Waals surface area contributed by atoms with Crippen LogP contribution in [0.15, 0.2) is 24.3 Å². The number of carbonyl (C=O) groups excluding carboxylic acids is 1. The maximum absolute atomic E-state index is 12.4. The van der Waals surface area contributed by atoms with Crippen molar-refractivity contribution < 1.29 is 4.79 Å². The van der Waals surface area contributed by atoms with Crippen LogP contribution >= 0.6 is 0 Å². The fourth-order valence-electron chi connectivity index (χ4n) is 3.03. The minimum atomic E-state index is -0.233. The van der Waals surface area contributed by atoms with E-state index in [2.05, 4.69) is 57.3 Å². The second-order valence-corrected chi connectivity index (χ2v) is 7.09. The molecule has 2 aliphatic rings. The molecule has 0 aromatic heterocycles. The van der Waals surface area contributed by atoms with E-state index in [0.717, 1.165) is 19.4 Å². The highest BCUT2D eigenvalue weighted by molar-refractivity contribution is 5.92. The third-order valence-electron chi connectivity index (χ3n) is 4.58. The topological polar surface area (TPSA) is 32.3 Å². The Morgan fingerprint density at radius 1 is 1.25 bits per heavy atom. The molecule has 1 saturated carbocycles. The molecule has 20 heavy (non-hydrogen) atoms. The summed E-state index contributed by atoms with van der Waals surface area (Å²) in [6, 6.07) is 8.70. The highest BCUT2D eigenvalue weighted by Crippen LogP contribution is 2.45. The summed E-state index contributed by atoms with van der Waals surface area (Å²) in [7, 11) is 0. The maximum Gasteiger partial charge on any atom is 0.244 e. The molecule has 1 N–H and O–H groups in total. The number of hydrogen-bond donors (Lipinski definition) is 1. The first kappa shape index (κ1) is 13.6. The molecule has 1 atom stereocenters. The van der Waals surface area contributed by atoms with Gasteiger partial charge in [-0.05, 0) is 36.3 Å². The summed E-state index contributed by atoms with van der Waals surface area (Å²) in [6.45, 7) is 9.47. The predicted molar refractivity (Wildman–Crippen MR) is 80.4 cm³/mol. The van der Waals surface area contributed by atoms with Gasteiger partial charge in [-0.15, -0.1) is 0 Å². The summed E-state index contributed by atoms with van der Waals surface area (Å²) < 4.78 is 0. The Morgan fingerprint density at radius 2 is 1.85 bits per heavy atom. The lowest BCUT2D eigenvalue weighted by Gasteiger charge is -2.24. The van der Waals surface area contributed by atoms with E-state index in [9.17, 15) is 4.79 Å². The van der Waals surface area contributed by atoms with E-state index in [0.29, 0.717) is 0 Å². The van der Waals surface area contributed by atoms with Crippen molar-refractivity contribution in [3.05, 3.63) is 35.4 Å².